The molecule has 0 saturated carbocycles. The summed E-state index contributed by atoms with van der Waals surface area (Å²) in [4.78, 5) is 30.7. The molecule has 0 aliphatic carbocycles. The molecule has 1 unspecified atom stereocenters. The molecule has 7 heteroatoms. The summed E-state index contributed by atoms with van der Waals surface area (Å²) in [6.07, 6.45) is 4.70. The van der Waals surface area contributed by atoms with Crippen molar-refractivity contribution >= 4 is 29.9 Å². The van der Waals surface area contributed by atoms with Gasteiger partial charge in [0.2, 0.25) is 5.91 Å². The van der Waals surface area contributed by atoms with Crippen LogP contribution >= 0.6 is 12.4 Å². The van der Waals surface area contributed by atoms with E-state index in [4.69, 9.17) is 0 Å². The van der Waals surface area contributed by atoms with Crippen LogP contribution < -0.4 is 10.6 Å². The minimum absolute atomic E-state index is 0. The van der Waals surface area contributed by atoms with E-state index in [1.54, 1.807) is 12.3 Å². The molecule has 1 aromatic carbocycles. The smallest absolute Gasteiger partial charge is 0.254 e. The highest BCUT2D eigenvalue weighted by Gasteiger charge is 2.29. The van der Waals surface area contributed by atoms with Gasteiger partial charge in [0.1, 0.15) is 0 Å². The number of piperazine rings is 1. The van der Waals surface area contributed by atoms with Crippen LogP contribution in [0.4, 0.5) is 5.69 Å². The Hall–Kier alpha value is -2.44. The molecule has 1 aromatic heterocycles. The third-order valence-corrected chi connectivity index (χ3v) is 4.82. The highest BCUT2D eigenvalue weighted by molar-refractivity contribution is 5.98. The van der Waals surface area contributed by atoms with Gasteiger partial charge in [0.05, 0.1) is 6.04 Å². The maximum absolute atomic E-state index is 13.1. The number of aryl methyl sites for hydroxylation is 1. The third-order valence-electron chi connectivity index (χ3n) is 4.82. The van der Waals surface area contributed by atoms with E-state index in [0.29, 0.717) is 24.9 Å². The van der Waals surface area contributed by atoms with Crippen molar-refractivity contribution in [3.63, 3.8) is 0 Å². The van der Waals surface area contributed by atoms with E-state index in [-0.39, 0.29) is 30.3 Å². The minimum atomic E-state index is -0.0225. The first-order chi connectivity index (χ1) is 12.2. The normalized spacial score (nSPS) is 19.2. The number of amides is 2. The number of hydrogen-bond acceptors (Lipinski definition) is 4. The lowest BCUT2D eigenvalue weighted by Crippen LogP contribution is -2.48. The van der Waals surface area contributed by atoms with Crippen LogP contribution in [0.5, 0.6) is 0 Å². The molecular weight excluding hydrogens is 352 g/mol. The van der Waals surface area contributed by atoms with E-state index >= 15 is 0 Å². The number of aromatic nitrogens is 1. The quantitative estimate of drug-likeness (QED) is 0.847. The fraction of sp³-hybridized carbons (Fsp3) is 0.316. The Morgan fingerprint density at radius 3 is 2.92 bits per heavy atom. The zero-order chi connectivity index (χ0) is 17.2. The number of benzene rings is 1. The zero-order valence-electron chi connectivity index (χ0n) is 14.3. The first-order valence-corrected chi connectivity index (χ1v) is 8.57. The van der Waals surface area contributed by atoms with Crippen LogP contribution in [0.15, 0.2) is 42.7 Å². The molecule has 0 spiro atoms. The Bertz CT molecular complexity index is 812. The average molecular weight is 373 g/mol. The van der Waals surface area contributed by atoms with Crippen molar-refractivity contribution in [1.82, 2.24) is 15.2 Å². The maximum Gasteiger partial charge on any atom is 0.254 e. The summed E-state index contributed by atoms with van der Waals surface area (Å²) < 4.78 is 0. The number of nitrogens with one attached hydrogen (secondary N) is 2. The lowest BCUT2D eigenvalue weighted by molar-refractivity contribution is -0.116. The number of pyridine rings is 1. The molecule has 2 aliphatic heterocycles. The lowest BCUT2D eigenvalue weighted by Gasteiger charge is -2.36. The molecule has 6 nitrogen and oxygen atoms in total. The molecule has 1 fully saturated rings. The summed E-state index contributed by atoms with van der Waals surface area (Å²) in [5.74, 6) is 0.0559. The summed E-state index contributed by atoms with van der Waals surface area (Å²) >= 11 is 0. The number of carbonyl (C=O) groups is 2. The first kappa shape index (κ1) is 18.4. The molecule has 0 radical (unpaired) electrons. The van der Waals surface area contributed by atoms with E-state index in [1.807, 2.05) is 35.4 Å². The first-order valence-electron chi connectivity index (χ1n) is 8.57. The van der Waals surface area contributed by atoms with Crippen LogP contribution in [0.3, 0.4) is 0 Å². The van der Waals surface area contributed by atoms with Gasteiger partial charge in [-0.1, -0.05) is 6.07 Å². The number of hydrogen-bond donors (Lipinski definition) is 2. The minimum Gasteiger partial charge on any atom is -0.329 e. The van der Waals surface area contributed by atoms with E-state index < -0.39 is 0 Å². The van der Waals surface area contributed by atoms with E-state index in [2.05, 4.69) is 15.6 Å². The van der Waals surface area contributed by atoms with Gasteiger partial charge in [0.25, 0.3) is 5.91 Å². The van der Waals surface area contributed by atoms with Gasteiger partial charge >= 0.3 is 0 Å². The van der Waals surface area contributed by atoms with Crippen molar-refractivity contribution in [1.29, 1.82) is 0 Å². The molecular formula is C19H21ClN4O2. The zero-order valence-corrected chi connectivity index (χ0v) is 15.1. The Balaban J connectivity index is 0.00000196. The number of halogens is 1. The van der Waals surface area contributed by atoms with Crippen LogP contribution in [0, 0.1) is 0 Å². The second-order valence-corrected chi connectivity index (χ2v) is 6.42. The van der Waals surface area contributed by atoms with E-state index in [1.165, 1.54) is 0 Å². The van der Waals surface area contributed by atoms with Gasteiger partial charge in [-0.25, -0.2) is 0 Å². The monoisotopic (exact) mass is 372 g/mol. The topological polar surface area (TPSA) is 74.3 Å². The van der Waals surface area contributed by atoms with Crippen molar-refractivity contribution < 1.29 is 9.59 Å². The molecule has 26 heavy (non-hydrogen) atoms. The van der Waals surface area contributed by atoms with Crippen LogP contribution in [-0.4, -0.2) is 41.3 Å². The largest absolute Gasteiger partial charge is 0.329 e. The number of nitrogens with zero attached hydrogens (tertiary/aromatic N) is 2. The molecule has 2 amide bonds. The second kappa shape index (κ2) is 7.85. The molecule has 1 saturated heterocycles. The Morgan fingerprint density at radius 1 is 1.23 bits per heavy atom. The molecule has 3 heterocycles. The van der Waals surface area contributed by atoms with Crippen LogP contribution in [-0.2, 0) is 11.2 Å². The lowest BCUT2D eigenvalue weighted by atomic mass is 9.98. The molecule has 0 bridgehead atoms. The molecule has 2 aromatic rings. The fourth-order valence-electron chi connectivity index (χ4n) is 3.50. The van der Waals surface area contributed by atoms with Crippen LogP contribution in [0.2, 0.25) is 0 Å². The SMILES string of the molecule is Cl.O=C1CCc2cc(C(=O)N3CCNCC3c3cccnc3)ccc2N1. The van der Waals surface area contributed by atoms with E-state index in [0.717, 1.165) is 29.9 Å². The van der Waals surface area contributed by atoms with Crippen LogP contribution in [0.25, 0.3) is 0 Å². The van der Waals surface area contributed by atoms with Crippen molar-refractivity contribution in [3.8, 4) is 0 Å². The molecule has 1 atom stereocenters. The van der Waals surface area contributed by atoms with Gasteiger partial charge in [-0.05, 0) is 41.8 Å². The average Bonchev–Trinajstić information content (AvgIpc) is 2.67. The molecule has 2 N–H and O–H groups in total. The summed E-state index contributed by atoms with van der Waals surface area (Å²) in [6, 6.07) is 9.43. The molecule has 2 aliphatic rings. The maximum atomic E-state index is 13.1. The summed E-state index contributed by atoms with van der Waals surface area (Å²) in [7, 11) is 0. The number of fused-ring (bicyclic) bond motifs is 1. The van der Waals surface area contributed by atoms with Gasteiger partial charge in [-0.3, -0.25) is 14.6 Å². The van der Waals surface area contributed by atoms with Crippen molar-refractivity contribution in [2.45, 2.75) is 18.9 Å². The van der Waals surface area contributed by atoms with Gasteiger partial charge < -0.3 is 15.5 Å². The predicted octanol–water partition coefficient (Wildman–Crippen LogP) is 2.17. The summed E-state index contributed by atoms with van der Waals surface area (Å²) in [5, 5.41) is 6.21. The Kier molecular flexibility index (Phi) is 5.54. The fourth-order valence-corrected chi connectivity index (χ4v) is 3.50. The molecule has 136 valence electrons. The van der Waals surface area contributed by atoms with Crippen molar-refractivity contribution in [2.75, 3.05) is 25.0 Å². The highest BCUT2D eigenvalue weighted by atomic mass is 35.5. The second-order valence-electron chi connectivity index (χ2n) is 6.42. The Labute approximate surface area is 158 Å². The van der Waals surface area contributed by atoms with Gasteiger partial charge in [-0.15, -0.1) is 12.4 Å². The van der Waals surface area contributed by atoms with Gasteiger partial charge in [0, 0.05) is 49.7 Å². The highest BCUT2D eigenvalue weighted by Crippen LogP contribution is 2.27. The number of rotatable bonds is 2. The van der Waals surface area contributed by atoms with Gasteiger partial charge in [-0.2, -0.15) is 0 Å². The molecule has 4 rings (SSSR count). The summed E-state index contributed by atoms with van der Waals surface area (Å²) in [5.41, 5.74) is 3.55. The van der Waals surface area contributed by atoms with Crippen molar-refractivity contribution in [2.24, 2.45) is 0 Å². The third kappa shape index (κ3) is 3.57. The number of carbonyl (C=O) groups excluding carboxylic acids is 2. The van der Waals surface area contributed by atoms with Crippen molar-refractivity contribution in [3.05, 3.63) is 59.4 Å². The predicted molar refractivity (Wildman–Crippen MR) is 102 cm³/mol. The van der Waals surface area contributed by atoms with E-state index in [9.17, 15) is 9.59 Å². The number of anilines is 1. The summed E-state index contributed by atoms with van der Waals surface area (Å²) in [6.45, 7) is 2.16. The van der Waals surface area contributed by atoms with Crippen LogP contribution in [0.1, 0.15) is 33.9 Å². The Morgan fingerprint density at radius 2 is 2.12 bits per heavy atom. The van der Waals surface area contributed by atoms with Gasteiger partial charge in [0.15, 0.2) is 0 Å². The standard InChI is InChI=1S/C19H20N4O2.ClH/c24-18-6-4-13-10-14(3-5-16(13)22-18)19(25)23-9-8-21-12-17(23)15-2-1-7-20-11-15;/h1-3,5,7,10-11,17,21H,4,6,8-9,12H2,(H,22,24);1H.